The van der Waals surface area contributed by atoms with Crippen molar-refractivity contribution in [3.63, 3.8) is 0 Å². The Hall–Kier alpha value is -2.40. The average molecular weight is 224 g/mol. The molecule has 2 aromatic rings. The molecule has 1 nitrogen and oxygen atoms in total. The van der Waals surface area contributed by atoms with E-state index < -0.39 is 11.6 Å². The van der Waals surface area contributed by atoms with Gasteiger partial charge in [0.25, 0.3) is 0 Å². The van der Waals surface area contributed by atoms with E-state index in [0.717, 1.165) is 5.56 Å². The first-order chi connectivity index (χ1) is 8.27. The third-order valence-corrected chi connectivity index (χ3v) is 2.21. The highest BCUT2D eigenvalue weighted by molar-refractivity contribution is 6.09. The molecule has 0 radical (unpaired) electrons. The normalized spacial score (nSPS) is 9.24. The number of hydrogen-bond donors (Lipinski definition) is 0. The fourth-order valence-electron chi connectivity index (χ4n) is 1.36. The van der Waals surface area contributed by atoms with E-state index in [1.54, 1.807) is 18.2 Å². The maximum atomic E-state index is 13.3. The molecular formula is C15H9FO. The standard InChI is InChI=1S/C15H9FO/c16-14-9-5-4-8-13(14)15(17)11-10-12-6-2-1-3-7-12/h1-9H. The predicted octanol–water partition coefficient (Wildman–Crippen LogP) is 3.06. The molecule has 0 bridgehead atoms. The van der Waals surface area contributed by atoms with Crippen molar-refractivity contribution in [1.29, 1.82) is 0 Å². The molecule has 0 aliphatic heterocycles. The second kappa shape index (κ2) is 5.09. The molecule has 0 atom stereocenters. The molecule has 0 amide bonds. The van der Waals surface area contributed by atoms with E-state index in [9.17, 15) is 9.18 Å². The second-order valence-corrected chi connectivity index (χ2v) is 3.42. The van der Waals surface area contributed by atoms with Crippen LogP contribution in [0.25, 0.3) is 0 Å². The van der Waals surface area contributed by atoms with Crippen LogP contribution in [0.2, 0.25) is 0 Å². The van der Waals surface area contributed by atoms with E-state index in [1.165, 1.54) is 18.2 Å². The Kier molecular flexibility index (Phi) is 3.32. The Morgan fingerprint density at radius 3 is 2.29 bits per heavy atom. The van der Waals surface area contributed by atoms with Gasteiger partial charge in [-0.05, 0) is 30.2 Å². The van der Waals surface area contributed by atoms with Gasteiger partial charge in [-0.15, -0.1) is 0 Å². The molecule has 0 fully saturated rings. The number of hydrogen-bond acceptors (Lipinski definition) is 1. The van der Waals surface area contributed by atoms with Crippen molar-refractivity contribution in [2.24, 2.45) is 0 Å². The minimum Gasteiger partial charge on any atom is -0.279 e. The summed E-state index contributed by atoms with van der Waals surface area (Å²) in [5.74, 6) is 4.08. The molecule has 17 heavy (non-hydrogen) atoms. The Labute approximate surface area is 98.9 Å². The number of ketones is 1. The molecule has 82 valence electrons. The zero-order valence-electron chi connectivity index (χ0n) is 8.98. The SMILES string of the molecule is O=C(C#Cc1ccccc1)c1ccccc1F. The van der Waals surface area contributed by atoms with Gasteiger partial charge in [-0.2, -0.15) is 0 Å². The van der Waals surface area contributed by atoms with Crippen LogP contribution in [-0.4, -0.2) is 5.78 Å². The fourth-order valence-corrected chi connectivity index (χ4v) is 1.36. The summed E-state index contributed by atoms with van der Waals surface area (Å²) in [6.45, 7) is 0. The molecule has 0 saturated carbocycles. The summed E-state index contributed by atoms with van der Waals surface area (Å²) < 4.78 is 13.3. The van der Waals surface area contributed by atoms with Gasteiger partial charge in [0.15, 0.2) is 0 Å². The van der Waals surface area contributed by atoms with Crippen LogP contribution in [0.15, 0.2) is 54.6 Å². The highest BCUT2D eigenvalue weighted by Gasteiger charge is 2.07. The molecule has 2 heteroatoms. The van der Waals surface area contributed by atoms with Crippen molar-refractivity contribution < 1.29 is 9.18 Å². The van der Waals surface area contributed by atoms with Gasteiger partial charge >= 0.3 is 0 Å². The van der Waals surface area contributed by atoms with Crippen LogP contribution in [0.3, 0.4) is 0 Å². The molecule has 0 saturated heterocycles. The monoisotopic (exact) mass is 224 g/mol. The van der Waals surface area contributed by atoms with Gasteiger partial charge in [0.2, 0.25) is 5.78 Å². The van der Waals surface area contributed by atoms with Gasteiger partial charge < -0.3 is 0 Å². The first kappa shape index (κ1) is 11.1. The van der Waals surface area contributed by atoms with Crippen LogP contribution in [0.5, 0.6) is 0 Å². The molecule has 0 N–H and O–H groups in total. The van der Waals surface area contributed by atoms with E-state index >= 15 is 0 Å². The third-order valence-electron chi connectivity index (χ3n) is 2.21. The van der Waals surface area contributed by atoms with E-state index in [2.05, 4.69) is 11.8 Å². The molecule has 2 aromatic carbocycles. The number of benzene rings is 2. The summed E-state index contributed by atoms with van der Waals surface area (Å²) in [6.07, 6.45) is 0. The van der Waals surface area contributed by atoms with Crippen molar-refractivity contribution in [1.82, 2.24) is 0 Å². The molecule has 0 heterocycles. The number of rotatable bonds is 1. The van der Waals surface area contributed by atoms with Crippen LogP contribution in [0.4, 0.5) is 4.39 Å². The highest BCUT2D eigenvalue weighted by atomic mass is 19.1. The molecule has 0 spiro atoms. The average Bonchev–Trinajstić information content (AvgIpc) is 2.38. The van der Waals surface area contributed by atoms with Gasteiger partial charge in [0.05, 0.1) is 5.56 Å². The largest absolute Gasteiger partial charge is 0.279 e. The zero-order chi connectivity index (χ0) is 12.1. The minimum atomic E-state index is -0.542. The zero-order valence-corrected chi connectivity index (χ0v) is 8.98. The first-order valence-electron chi connectivity index (χ1n) is 5.13. The smallest absolute Gasteiger partial charge is 0.239 e. The lowest BCUT2D eigenvalue weighted by Crippen LogP contribution is -1.98. The highest BCUT2D eigenvalue weighted by Crippen LogP contribution is 2.06. The summed E-state index contributed by atoms with van der Waals surface area (Å²) in [5.41, 5.74) is 0.744. The van der Waals surface area contributed by atoms with Crippen molar-refractivity contribution >= 4 is 5.78 Å². The maximum absolute atomic E-state index is 13.3. The third kappa shape index (κ3) is 2.79. The van der Waals surface area contributed by atoms with Crippen molar-refractivity contribution in [3.8, 4) is 11.8 Å². The predicted molar refractivity (Wildman–Crippen MR) is 64.1 cm³/mol. The van der Waals surface area contributed by atoms with Crippen LogP contribution >= 0.6 is 0 Å². The lowest BCUT2D eigenvalue weighted by molar-refractivity contribution is 0.105. The fraction of sp³-hybridized carbons (Fsp3) is 0. The first-order valence-corrected chi connectivity index (χ1v) is 5.13. The molecule has 2 rings (SSSR count). The Balaban J connectivity index is 2.24. The second-order valence-electron chi connectivity index (χ2n) is 3.42. The van der Waals surface area contributed by atoms with Gasteiger partial charge in [-0.25, -0.2) is 4.39 Å². The maximum Gasteiger partial charge on any atom is 0.239 e. The van der Waals surface area contributed by atoms with Crippen molar-refractivity contribution in [2.75, 3.05) is 0 Å². The molecule has 0 aliphatic rings. The lowest BCUT2D eigenvalue weighted by atomic mass is 10.1. The quantitative estimate of drug-likeness (QED) is 0.537. The van der Waals surface area contributed by atoms with Crippen LogP contribution in [0.1, 0.15) is 15.9 Å². The Morgan fingerprint density at radius 1 is 0.941 bits per heavy atom. The summed E-state index contributed by atoms with van der Waals surface area (Å²) in [6, 6.07) is 14.9. The number of Topliss-reactive ketones (excluding diaryl/α,β-unsaturated/α-hetero) is 1. The van der Waals surface area contributed by atoms with E-state index in [0.29, 0.717) is 0 Å². The van der Waals surface area contributed by atoms with Crippen molar-refractivity contribution in [3.05, 3.63) is 71.5 Å². The summed E-state index contributed by atoms with van der Waals surface area (Å²) in [7, 11) is 0. The number of carbonyl (C=O) groups excluding carboxylic acids is 1. The molecular weight excluding hydrogens is 215 g/mol. The van der Waals surface area contributed by atoms with E-state index in [-0.39, 0.29) is 5.56 Å². The van der Waals surface area contributed by atoms with E-state index in [4.69, 9.17) is 0 Å². The summed E-state index contributed by atoms with van der Waals surface area (Å²) in [4.78, 5) is 11.6. The van der Waals surface area contributed by atoms with Gasteiger partial charge in [0, 0.05) is 5.56 Å². The minimum absolute atomic E-state index is 0.0101. The van der Waals surface area contributed by atoms with Crippen LogP contribution in [-0.2, 0) is 0 Å². The lowest BCUT2D eigenvalue weighted by Gasteiger charge is -1.94. The van der Waals surface area contributed by atoms with E-state index in [1.807, 2.05) is 18.2 Å². The molecule has 0 aromatic heterocycles. The van der Waals surface area contributed by atoms with Crippen LogP contribution < -0.4 is 0 Å². The topological polar surface area (TPSA) is 17.1 Å². The van der Waals surface area contributed by atoms with Gasteiger partial charge in [-0.1, -0.05) is 36.3 Å². The van der Waals surface area contributed by atoms with Gasteiger partial charge in [-0.3, -0.25) is 4.79 Å². The summed E-state index contributed by atoms with van der Waals surface area (Å²) >= 11 is 0. The van der Waals surface area contributed by atoms with Crippen molar-refractivity contribution in [2.45, 2.75) is 0 Å². The molecule has 0 aliphatic carbocycles. The summed E-state index contributed by atoms with van der Waals surface area (Å²) in [5, 5.41) is 0. The number of carbonyl (C=O) groups is 1. The van der Waals surface area contributed by atoms with Crippen LogP contribution in [0, 0.1) is 17.7 Å². The number of halogens is 1. The molecule has 0 unspecified atom stereocenters. The Bertz CT molecular complexity index is 591. The Morgan fingerprint density at radius 2 is 1.59 bits per heavy atom. The van der Waals surface area contributed by atoms with Gasteiger partial charge in [0.1, 0.15) is 5.82 Å².